The van der Waals surface area contributed by atoms with E-state index in [1.54, 1.807) is 7.11 Å². The van der Waals surface area contributed by atoms with Gasteiger partial charge < -0.3 is 19.3 Å². The van der Waals surface area contributed by atoms with Crippen LogP contribution in [0.1, 0.15) is 43.7 Å². The molecular weight excluding hydrogens is 378 g/mol. The van der Waals surface area contributed by atoms with Crippen LogP contribution in [0.15, 0.2) is 42.5 Å². The molecule has 1 aliphatic heterocycles. The fraction of sp³-hybridized carbons (Fsp3) is 0.520. The maximum absolute atomic E-state index is 9.58. The van der Waals surface area contributed by atoms with E-state index < -0.39 is 0 Å². The van der Waals surface area contributed by atoms with Crippen LogP contribution < -0.4 is 14.2 Å². The van der Waals surface area contributed by atoms with Gasteiger partial charge in [-0.2, -0.15) is 0 Å². The van der Waals surface area contributed by atoms with Crippen molar-refractivity contribution in [1.29, 1.82) is 0 Å². The van der Waals surface area contributed by atoms with E-state index in [0.717, 1.165) is 62.6 Å². The highest BCUT2D eigenvalue weighted by Crippen LogP contribution is 2.40. The van der Waals surface area contributed by atoms with Crippen LogP contribution in [0.4, 0.5) is 0 Å². The summed E-state index contributed by atoms with van der Waals surface area (Å²) in [5, 5.41) is 9.58. The molecule has 0 amide bonds. The van der Waals surface area contributed by atoms with E-state index in [1.165, 1.54) is 11.1 Å². The minimum absolute atomic E-state index is 0.187. The lowest BCUT2D eigenvalue weighted by Crippen LogP contribution is -2.48. The Morgan fingerprint density at radius 2 is 1.93 bits per heavy atom. The highest BCUT2D eigenvalue weighted by molar-refractivity contribution is 5.43. The summed E-state index contributed by atoms with van der Waals surface area (Å²) in [6.45, 7) is 5.45. The number of nitrogens with zero attached hydrogens (tertiary/aromatic N) is 1. The third kappa shape index (κ3) is 4.57. The van der Waals surface area contributed by atoms with Gasteiger partial charge in [0.05, 0.1) is 13.7 Å². The van der Waals surface area contributed by atoms with Crippen molar-refractivity contribution < 1.29 is 19.3 Å². The first-order valence-electron chi connectivity index (χ1n) is 11.0. The van der Waals surface area contributed by atoms with Gasteiger partial charge in [-0.3, -0.25) is 4.90 Å². The van der Waals surface area contributed by atoms with Crippen molar-refractivity contribution in [3.63, 3.8) is 0 Å². The first kappa shape index (κ1) is 21.0. The Bertz CT molecular complexity index is 845. The van der Waals surface area contributed by atoms with E-state index in [9.17, 15) is 5.11 Å². The summed E-state index contributed by atoms with van der Waals surface area (Å²) < 4.78 is 17.9. The molecule has 5 nitrogen and oxygen atoms in total. The number of hydrogen-bond donors (Lipinski definition) is 1. The molecule has 2 aromatic carbocycles. The van der Waals surface area contributed by atoms with E-state index in [0.29, 0.717) is 12.5 Å². The molecule has 162 valence electrons. The molecule has 4 rings (SSSR count). The van der Waals surface area contributed by atoms with Crippen molar-refractivity contribution in [2.24, 2.45) is 5.92 Å². The van der Waals surface area contributed by atoms with Gasteiger partial charge in [0.2, 0.25) is 0 Å². The molecule has 2 aromatic rings. The molecule has 1 fully saturated rings. The molecule has 0 saturated heterocycles. The molecule has 0 unspecified atom stereocenters. The molecule has 1 heterocycles. The van der Waals surface area contributed by atoms with Crippen LogP contribution in [-0.2, 0) is 13.1 Å². The second kappa shape index (κ2) is 9.27. The maximum Gasteiger partial charge on any atom is 0.161 e. The molecule has 0 bridgehead atoms. The molecule has 0 radical (unpaired) electrons. The fourth-order valence-corrected chi connectivity index (χ4v) is 4.81. The number of hydrogen-bond acceptors (Lipinski definition) is 5. The number of aliphatic hydroxyl groups is 1. The van der Waals surface area contributed by atoms with Crippen LogP contribution >= 0.6 is 0 Å². The molecular formula is C25H33NO4. The summed E-state index contributed by atoms with van der Waals surface area (Å²) in [5.41, 5.74) is 2.25. The van der Waals surface area contributed by atoms with E-state index in [2.05, 4.69) is 41.3 Å². The fourth-order valence-electron chi connectivity index (χ4n) is 4.81. The van der Waals surface area contributed by atoms with Crippen LogP contribution in [0.2, 0.25) is 0 Å². The molecule has 2 aliphatic rings. The Morgan fingerprint density at radius 1 is 1.13 bits per heavy atom. The lowest BCUT2D eigenvalue weighted by Gasteiger charge is -2.41. The monoisotopic (exact) mass is 411 g/mol. The van der Waals surface area contributed by atoms with Crippen molar-refractivity contribution in [2.45, 2.75) is 51.3 Å². The average molecular weight is 412 g/mol. The largest absolute Gasteiger partial charge is 0.493 e. The quantitative estimate of drug-likeness (QED) is 0.763. The van der Waals surface area contributed by atoms with Crippen molar-refractivity contribution in [1.82, 2.24) is 4.90 Å². The van der Waals surface area contributed by atoms with Crippen molar-refractivity contribution in [3.8, 4) is 17.2 Å². The Labute approximate surface area is 179 Å². The molecule has 30 heavy (non-hydrogen) atoms. The lowest BCUT2D eigenvalue weighted by molar-refractivity contribution is -0.0154. The minimum Gasteiger partial charge on any atom is -0.493 e. The zero-order valence-corrected chi connectivity index (χ0v) is 18.1. The number of benzene rings is 2. The molecule has 5 heteroatoms. The highest BCUT2D eigenvalue weighted by Gasteiger charge is 2.41. The van der Waals surface area contributed by atoms with Gasteiger partial charge in [-0.1, -0.05) is 24.3 Å². The standard InChI is InChI=1S/C25H33NO4/c1-3-29-24-14-20(8-9-23(24)28-2)15-26-16-21-6-4-5-7-22(21)30-25(18-26)12-10-19(17-27)11-13-25/h4-9,14,19,27H,3,10-13,15-18H2,1-2H3. The van der Waals surface area contributed by atoms with Gasteiger partial charge in [-0.15, -0.1) is 0 Å². The van der Waals surface area contributed by atoms with E-state index in [-0.39, 0.29) is 12.2 Å². The van der Waals surface area contributed by atoms with Gasteiger partial charge in [-0.25, -0.2) is 0 Å². The molecule has 1 spiro atoms. The number of ether oxygens (including phenoxy) is 3. The number of aliphatic hydroxyl groups excluding tert-OH is 1. The summed E-state index contributed by atoms with van der Waals surface area (Å²) in [4.78, 5) is 2.49. The molecule has 0 atom stereocenters. The van der Waals surface area contributed by atoms with Crippen LogP contribution in [0.3, 0.4) is 0 Å². The molecule has 1 saturated carbocycles. The Balaban J connectivity index is 1.59. The first-order valence-corrected chi connectivity index (χ1v) is 11.0. The highest BCUT2D eigenvalue weighted by atomic mass is 16.5. The topological polar surface area (TPSA) is 51.2 Å². The average Bonchev–Trinajstić information content (AvgIpc) is 2.91. The van der Waals surface area contributed by atoms with E-state index in [1.807, 2.05) is 13.0 Å². The third-order valence-electron chi connectivity index (χ3n) is 6.41. The normalized spacial score (nSPS) is 24.0. The number of para-hydroxylation sites is 1. The zero-order chi connectivity index (χ0) is 21.0. The van der Waals surface area contributed by atoms with Crippen LogP contribution in [0.25, 0.3) is 0 Å². The summed E-state index contributed by atoms with van der Waals surface area (Å²) in [6, 6.07) is 14.6. The summed E-state index contributed by atoms with van der Waals surface area (Å²) in [7, 11) is 1.67. The number of methoxy groups -OCH3 is 1. The Morgan fingerprint density at radius 3 is 2.67 bits per heavy atom. The maximum atomic E-state index is 9.58. The van der Waals surface area contributed by atoms with Crippen molar-refractivity contribution in [3.05, 3.63) is 53.6 Å². The summed E-state index contributed by atoms with van der Waals surface area (Å²) in [5.74, 6) is 2.97. The van der Waals surface area contributed by atoms with Crippen LogP contribution in [0.5, 0.6) is 17.2 Å². The second-order valence-corrected chi connectivity index (χ2v) is 8.58. The van der Waals surface area contributed by atoms with Gasteiger partial charge in [0, 0.05) is 31.8 Å². The lowest BCUT2D eigenvalue weighted by atomic mass is 9.78. The summed E-state index contributed by atoms with van der Waals surface area (Å²) in [6.07, 6.45) is 4.00. The summed E-state index contributed by atoms with van der Waals surface area (Å²) >= 11 is 0. The van der Waals surface area contributed by atoms with Gasteiger partial charge in [0.1, 0.15) is 11.4 Å². The van der Waals surface area contributed by atoms with Crippen LogP contribution in [-0.4, -0.2) is 42.5 Å². The van der Waals surface area contributed by atoms with Gasteiger partial charge in [0.15, 0.2) is 11.5 Å². The van der Waals surface area contributed by atoms with Gasteiger partial charge in [-0.05, 0) is 62.3 Å². The van der Waals surface area contributed by atoms with Crippen LogP contribution in [0, 0.1) is 5.92 Å². The predicted molar refractivity (Wildman–Crippen MR) is 117 cm³/mol. The molecule has 0 aromatic heterocycles. The second-order valence-electron chi connectivity index (χ2n) is 8.58. The Kier molecular flexibility index (Phi) is 6.49. The minimum atomic E-state index is -0.187. The predicted octanol–water partition coefficient (Wildman–Crippen LogP) is 4.41. The van der Waals surface area contributed by atoms with E-state index >= 15 is 0 Å². The molecule has 1 aliphatic carbocycles. The van der Waals surface area contributed by atoms with Crippen molar-refractivity contribution in [2.75, 3.05) is 26.9 Å². The van der Waals surface area contributed by atoms with Gasteiger partial charge in [0.25, 0.3) is 0 Å². The molecule has 1 N–H and O–H groups in total. The first-order chi connectivity index (χ1) is 14.6. The number of rotatable bonds is 6. The van der Waals surface area contributed by atoms with Crippen molar-refractivity contribution >= 4 is 0 Å². The zero-order valence-electron chi connectivity index (χ0n) is 18.1. The third-order valence-corrected chi connectivity index (χ3v) is 6.41. The van der Waals surface area contributed by atoms with E-state index in [4.69, 9.17) is 14.2 Å². The smallest absolute Gasteiger partial charge is 0.161 e. The van der Waals surface area contributed by atoms with Gasteiger partial charge >= 0.3 is 0 Å². The Hall–Kier alpha value is -2.24. The number of fused-ring (bicyclic) bond motifs is 1. The SMILES string of the molecule is CCOc1cc(CN2Cc3ccccc3OC3(CCC(CO)CC3)C2)ccc1OC.